The first-order valence-corrected chi connectivity index (χ1v) is 5.00. The second-order valence-electron chi connectivity index (χ2n) is 2.83. The molecule has 15 heavy (non-hydrogen) atoms. The first-order valence-electron chi connectivity index (χ1n) is 4.37. The van der Waals surface area contributed by atoms with Crippen molar-refractivity contribution in [1.29, 1.82) is 0 Å². The van der Waals surface area contributed by atoms with E-state index in [1.54, 1.807) is 13.0 Å². The molecule has 78 valence electrons. The van der Waals surface area contributed by atoms with Crippen LogP contribution in [0.2, 0.25) is 0 Å². The van der Waals surface area contributed by atoms with Gasteiger partial charge in [-0.15, -0.1) is 0 Å². The molecule has 0 spiro atoms. The number of thiol groups is 1. The summed E-state index contributed by atoms with van der Waals surface area (Å²) in [5, 5.41) is 10.5. The smallest absolute Gasteiger partial charge is 0.258 e. The molecule has 0 saturated carbocycles. The molecule has 0 atom stereocenters. The van der Waals surface area contributed by atoms with Crippen LogP contribution in [-0.4, -0.2) is 15.7 Å². The van der Waals surface area contributed by atoms with Crippen molar-refractivity contribution in [2.24, 2.45) is 0 Å². The summed E-state index contributed by atoms with van der Waals surface area (Å²) in [6.45, 7) is 1.60. The number of aromatic nitrogens is 1. The standard InChI is InChI=1S/C10H10N2O2S/c1-8-10(12(13)14)6-5-9(11-8)4-2-3-7-15/h5-6,15H,3,7H2,1H3. The number of nitro groups is 1. The van der Waals surface area contributed by atoms with Crippen LogP contribution in [0.4, 0.5) is 5.69 Å². The topological polar surface area (TPSA) is 56.0 Å². The molecule has 1 heterocycles. The predicted octanol–water partition coefficient (Wildman–Crippen LogP) is 1.97. The van der Waals surface area contributed by atoms with Gasteiger partial charge >= 0.3 is 0 Å². The third-order valence-corrected chi connectivity index (χ3v) is 1.93. The number of hydrogen-bond donors (Lipinski definition) is 1. The number of rotatable bonds is 2. The molecule has 0 aliphatic rings. The third-order valence-electron chi connectivity index (χ3n) is 1.71. The Hall–Kier alpha value is -1.54. The molecule has 0 saturated heterocycles. The molecule has 1 rings (SSSR count). The van der Waals surface area contributed by atoms with Crippen LogP contribution in [-0.2, 0) is 0 Å². The highest BCUT2D eigenvalue weighted by Crippen LogP contribution is 2.14. The Bertz CT molecular complexity index is 435. The fourth-order valence-corrected chi connectivity index (χ4v) is 1.14. The zero-order valence-corrected chi connectivity index (χ0v) is 9.12. The van der Waals surface area contributed by atoms with Gasteiger partial charge in [0.1, 0.15) is 11.4 Å². The van der Waals surface area contributed by atoms with Crippen molar-refractivity contribution in [3.63, 3.8) is 0 Å². The van der Waals surface area contributed by atoms with Gasteiger partial charge in [0.25, 0.3) is 5.69 Å². The van der Waals surface area contributed by atoms with E-state index in [4.69, 9.17) is 0 Å². The summed E-state index contributed by atoms with van der Waals surface area (Å²) >= 11 is 4.02. The zero-order chi connectivity index (χ0) is 11.3. The summed E-state index contributed by atoms with van der Waals surface area (Å²) in [6.07, 6.45) is 0.681. The minimum absolute atomic E-state index is 0.0229. The largest absolute Gasteiger partial charge is 0.290 e. The van der Waals surface area contributed by atoms with Crippen molar-refractivity contribution >= 4 is 18.3 Å². The van der Waals surface area contributed by atoms with Crippen LogP contribution in [0.5, 0.6) is 0 Å². The van der Waals surface area contributed by atoms with Gasteiger partial charge < -0.3 is 0 Å². The van der Waals surface area contributed by atoms with Gasteiger partial charge in [-0.2, -0.15) is 12.6 Å². The van der Waals surface area contributed by atoms with Crippen LogP contribution in [0.1, 0.15) is 17.8 Å². The van der Waals surface area contributed by atoms with Crippen LogP contribution >= 0.6 is 12.6 Å². The van der Waals surface area contributed by atoms with Crippen molar-refractivity contribution < 1.29 is 4.92 Å². The molecular formula is C10H10N2O2S. The van der Waals surface area contributed by atoms with E-state index in [0.717, 1.165) is 0 Å². The Morgan fingerprint density at radius 3 is 2.87 bits per heavy atom. The quantitative estimate of drug-likeness (QED) is 0.360. The van der Waals surface area contributed by atoms with Gasteiger partial charge in [0.15, 0.2) is 0 Å². The van der Waals surface area contributed by atoms with E-state index in [9.17, 15) is 10.1 Å². The maximum Gasteiger partial charge on any atom is 0.290 e. The van der Waals surface area contributed by atoms with Crippen molar-refractivity contribution in [3.05, 3.63) is 33.6 Å². The lowest BCUT2D eigenvalue weighted by atomic mass is 10.2. The molecule has 5 heteroatoms. The molecular weight excluding hydrogens is 212 g/mol. The van der Waals surface area contributed by atoms with Crippen molar-refractivity contribution in [2.45, 2.75) is 13.3 Å². The number of hydrogen-bond acceptors (Lipinski definition) is 4. The summed E-state index contributed by atoms with van der Waals surface area (Å²) in [7, 11) is 0. The Morgan fingerprint density at radius 2 is 2.33 bits per heavy atom. The maximum atomic E-state index is 10.5. The van der Waals surface area contributed by atoms with Crippen LogP contribution < -0.4 is 0 Å². The molecule has 0 unspecified atom stereocenters. The van der Waals surface area contributed by atoms with Gasteiger partial charge in [-0.05, 0) is 18.9 Å². The van der Waals surface area contributed by atoms with Crippen LogP contribution in [0.25, 0.3) is 0 Å². The minimum Gasteiger partial charge on any atom is -0.258 e. The molecule has 1 aromatic rings. The fourth-order valence-electron chi connectivity index (χ4n) is 1.03. The Labute approximate surface area is 93.3 Å². The molecule has 0 fully saturated rings. The maximum absolute atomic E-state index is 10.5. The van der Waals surface area contributed by atoms with Gasteiger partial charge in [-0.25, -0.2) is 4.98 Å². The van der Waals surface area contributed by atoms with E-state index >= 15 is 0 Å². The highest BCUT2D eigenvalue weighted by molar-refractivity contribution is 7.80. The predicted molar refractivity (Wildman–Crippen MR) is 61.0 cm³/mol. The van der Waals surface area contributed by atoms with Gasteiger partial charge in [-0.3, -0.25) is 10.1 Å². The number of nitrogens with zero attached hydrogens (tertiary/aromatic N) is 2. The van der Waals surface area contributed by atoms with Crippen LogP contribution in [0.15, 0.2) is 12.1 Å². The average molecular weight is 222 g/mol. The molecule has 0 aliphatic heterocycles. The zero-order valence-electron chi connectivity index (χ0n) is 8.23. The van der Waals surface area contributed by atoms with Crippen molar-refractivity contribution in [3.8, 4) is 11.8 Å². The summed E-state index contributed by atoms with van der Waals surface area (Å²) in [4.78, 5) is 14.1. The monoisotopic (exact) mass is 222 g/mol. The summed E-state index contributed by atoms with van der Waals surface area (Å²) < 4.78 is 0. The van der Waals surface area contributed by atoms with Crippen molar-refractivity contribution in [2.75, 3.05) is 5.75 Å². The first-order chi connectivity index (χ1) is 7.15. The molecule has 4 nitrogen and oxygen atoms in total. The number of aryl methyl sites for hydroxylation is 1. The summed E-state index contributed by atoms with van der Waals surface area (Å²) in [5.74, 6) is 6.38. The van der Waals surface area contributed by atoms with E-state index in [1.807, 2.05) is 0 Å². The molecule has 0 bridgehead atoms. The van der Waals surface area contributed by atoms with Gasteiger partial charge in [0.2, 0.25) is 0 Å². The van der Waals surface area contributed by atoms with E-state index in [1.165, 1.54) is 6.07 Å². The second-order valence-corrected chi connectivity index (χ2v) is 3.28. The van der Waals surface area contributed by atoms with Gasteiger partial charge in [0, 0.05) is 18.2 Å². The van der Waals surface area contributed by atoms with E-state index in [2.05, 4.69) is 29.5 Å². The lowest BCUT2D eigenvalue weighted by Gasteiger charge is -1.95. The molecule has 0 aromatic carbocycles. The van der Waals surface area contributed by atoms with Crippen LogP contribution in [0.3, 0.4) is 0 Å². The molecule has 0 radical (unpaired) electrons. The average Bonchev–Trinajstić information content (AvgIpc) is 2.17. The highest BCUT2D eigenvalue weighted by Gasteiger charge is 2.10. The SMILES string of the molecule is Cc1nc(C#CCCS)ccc1[N+](=O)[O-]. The normalized spacial score (nSPS) is 9.20. The molecule has 0 N–H and O–H groups in total. The highest BCUT2D eigenvalue weighted by atomic mass is 32.1. The molecule has 1 aromatic heterocycles. The van der Waals surface area contributed by atoms with E-state index < -0.39 is 4.92 Å². The van der Waals surface area contributed by atoms with E-state index in [-0.39, 0.29) is 5.69 Å². The lowest BCUT2D eigenvalue weighted by Crippen LogP contribution is -1.95. The van der Waals surface area contributed by atoms with Gasteiger partial charge in [0.05, 0.1) is 4.92 Å². The van der Waals surface area contributed by atoms with Crippen molar-refractivity contribution in [1.82, 2.24) is 4.98 Å². The third kappa shape index (κ3) is 3.26. The molecule has 0 aliphatic carbocycles. The van der Waals surface area contributed by atoms with Gasteiger partial charge in [-0.1, -0.05) is 5.92 Å². The number of pyridine rings is 1. The minimum atomic E-state index is -0.451. The summed E-state index contributed by atoms with van der Waals surface area (Å²) in [6, 6.07) is 2.98. The molecule has 0 amide bonds. The fraction of sp³-hybridized carbons (Fsp3) is 0.300. The Morgan fingerprint density at radius 1 is 1.60 bits per heavy atom. The first kappa shape index (κ1) is 11.5. The Kier molecular flexibility index (Phi) is 4.13. The summed E-state index contributed by atoms with van der Waals surface area (Å²) in [5.41, 5.74) is 0.965. The second kappa shape index (κ2) is 5.37. The lowest BCUT2D eigenvalue weighted by molar-refractivity contribution is -0.385. The Balaban J connectivity index is 2.93. The van der Waals surface area contributed by atoms with E-state index in [0.29, 0.717) is 23.6 Å². The van der Waals surface area contributed by atoms with Crippen LogP contribution in [0, 0.1) is 28.9 Å².